The minimum Gasteiger partial charge on any atom is -0.289 e. The Hall–Kier alpha value is -4.63. The number of Topliss-reactive ketones (excluding diaryl/α,β-unsaturated/α-hetero) is 2. The molecule has 0 bridgehead atoms. The first kappa shape index (κ1) is 31.3. The zero-order valence-electron chi connectivity index (χ0n) is 25.6. The molecule has 0 aliphatic heterocycles. The fourth-order valence-corrected chi connectivity index (χ4v) is 6.09. The summed E-state index contributed by atoms with van der Waals surface area (Å²) >= 11 is 0. The van der Waals surface area contributed by atoms with Crippen LogP contribution in [0.2, 0.25) is 0 Å². The van der Waals surface area contributed by atoms with E-state index in [0.29, 0.717) is 33.7 Å². The van der Waals surface area contributed by atoms with E-state index in [-0.39, 0.29) is 21.4 Å². The van der Waals surface area contributed by atoms with E-state index in [9.17, 15) is 18.0 Å². The van der Waals surface area contributed by atoms with Gasteiger partial charge in [0, 0.05) is 33.4 Å². The van der Waals surface area contributed by atoms with Gasteiger partial charge in [0.05, 0.1) is 33.6 Å². The maximum Gasteiger partial charge on any atom is 0.206 e. The van der Waals surface area contributed by atoms with Gasteiger partial charge in [-0.3, -0.25) is 9.59 Å². The van der Waals surface area contributed by atoms with E-state index in [2.05, 4.69) is 20.5 Å². The van der Waals surface area contributed by atoms with Crippen LogP contribution in [0.25, 0.3) is 0 Å². The van der Waals surface area contributed by atoms with E-state index < -0.39 is 9.84 Å². The number of allylic oxidation sites excluding steroid dienone is 10. The van der Waals surface area contributed by atoms with Gasteiger partial charge in [0.25, 0.3) is 0 Å². The number of nitrogens with zero attached hydrogens (tertiary/aromatic N) is 4. The van der Waals surface area contributed by atoms with Gasteiger partial charge in [0.2, 0.25) is 9.84 Å². The molecule has 0 amide bonds. The second kappa shape index (κ2) is 12.3. The van der Waals surface area contributed by atoms with E-state index in [0.717, 1.165) is 33.4 Å². The first-order valence-electron chi connectivity index (χ1n) is 13.7. The fourth-order valence-electron chi connectivity index (χ4n) is 4.83. The summed E-state index contributed by atoms with van der Waals surface area (Å²) in [5.74, 6) is 0.0786. The highest BCUT2D eigenvalue weighted by Gasteiger charge is 2.23. The number of hydrogen-bond donors (Lipinski definition) is 0. The predicted octanol–water partition coefficient (Wildman–Crippen LogP) is 8.97. The largest absolute Gasteiger partial charge is 0.289 e. The first-order chi connectivity index (χ1) is 20.2. The third-order valence-electron chi connectivity index (χ3n) is 8.24. The molecule has 0 atom stereocenters. The Morgan fingerprint density at radius 1 is 0.465 bits per heavy atom. The van der Waals surface area contributed by atoms with E-state index in [1.165, 1.54) is 24.3 Å². The summed E-state index contributed by atoms with van der Waals surface area (Å²) in [5, 5.41) is 16.8. The Morgan fingerprint density at radius 3 is 1.02 bits per heavy atom. The Bertz CT molecular complexity index is 1700. The maximum absolute atomic E-state index is 13.2. The van der Waals surface area contributed by atoms with E-state index in [1.807, 2.05) is 27.7 Å². The predicted molar refractivity (Wildman–Crippen MR) is 167 cm³/mol. The van der Waals surface area contributed by atoms with E-state index in [4.69, 9.17) is 0 Å². The van der Waals surface area contributed by atoms with Crippen LogP contribution in [0.3, 0.4) is 0 Å². The SMILES string of the molecule is CC1=C(C)C(=CN=Nc2ccc(S(=O)(=O)c3ccc(N=NC=C4C(C)=C(C)C(=O)C(C)=C4C)cc3)cc2)C(C)=C(C)C1=O. The van der Waals surface area contributed by atoms with Crippen LogP contribution in [-0.2, 0) is 19.4 Å². The second-order valence-electron chi connectivity index (χ2n) is 10.7. The molecule has 220 valence electrons. The van der Waals surface area contributed by atoms with Gasteiger partial charge in [-0.15, -0.1) is 0 Å². The average molecular weight is 595 g/mol. The fraction of sp³-hybridized carbons (Fsp3) is 0.235. The lowest BCUT2D eigenvalue weighted by atomic mass is 9.84. The molecule has 4 rings (SSSR count). The zero-order chi connectivity index (χ0) is 31.6. The highest BCUT2D eigenvalue weighted by atomic mass is 32.2. The maximum atomic E-state index is 13.2. The highest BCUT2D eigenvalue weighted by Crippen LogP contribution is 2.33. The minimum atomic E-state index is -3.77. The molecule has 0 unspecified atom stereocenters. The van der Waals surface area contributed by atoms with Gasteiger partial charge < -0.3 is 0 Å². The molecule has 9 heteroatoms. The second-order valence-corrected chi connectivity index (χ2v) is 12.6. The average Bonchev–Trinajstić information content (AvgIpc) is 3.01. The number of hydrogen-bond acceptors (Lipinski definition) is 8. The van der Waals surface area contributed by atoms with Crippen LogP contribution in [-0.4, -0.2) is 20.0 Å². The molecule has 2 aliphatic rings. The molecular weight excluding hydrogens is 560 g/mol. The van der Waals surface area contributed by atoms with Crippen LogP contribution in [0.4, 0.5) is 11.4 Å². The van der Waals surface area contributed by atoms with Crippen LogP contribution >= 0.6 is 0 Å². The third kappa shape index (κ3) is 6.12. The molecule has 0 saturated carbocycles. The molecule has 2 aliphatic carbocycles. The molecule has 0 N–H and O–H groups in total. The molecule has 0 fully saturated rings. The van der Waals surface area contributed by atoms with Gasteiger partial charge in [-0.25, -0.2) is 8.42 Å². The van der Waals surface area contributed by atoms with E-state index >= 15 is 0 Å². The van der Waals surface area contributed by atoms with Crippen molar-refractivity contribution in [3.63, 3.8) is 0 Å². The Morgan fingerprint density at radius 2 is 0.744 bits per heavy atom. The van der Waals surface area contributed by atoms with Crippen LogP contribution in [0.5, 0.6) is 0 Å². The molecule has 43 heavy (non-hydrogen) atoms. The molecule has 2 aromatic carbocycles. The van der Waals surface area contributed by atoms with Crippen LogP contribution in [0, 0.1) is 0 Å². The summed E-state index contributed by atoms with van der Waals surface area (Å²) < 4.78 is 26.4. The molecule has 2 aromatic rings. The molecular formula is C34H34N4O4S. The monoisotopic (exact) mass is 594 g/mol. The molecule has 0 heterocycles. The Kier molecular flexibility index (Phi) is 8.96. The van der Waals surface area contributed by atoms with Crippen molar-refractivity contribution in [2.45, 2.75) is 65.2 Å². The summed E-state index contributed by atoms with van der Waals surface area (Å²) in [6.07, 6.45) is 3.25. The number of sulfone groups is 1. The van der Waals surface area contributed by atoms with Crippen molar-refractivity contribution in [2.75, 3.05) is 0 Å². The zero-order valence-corrected chi connectivity index (χ0v) is 26.4. The summed E-state index contributed by atoms with van der Waals surface area (Å²) in [6, 6.07) is 12.3. The number of rotatable bonds is 6. The standard InChI is InChI=1S/C34H34N4O4S/c1-19-23(5)33(39)24(6)20(2)31(19)17-35-37-27-9-13-29(14-10-27)43(41,42)30-15-11-28(12-16-30)38-36-18-32-21(3)25(7)34(40)26(8)22(32)4/h9-18H,1-8H3. The Labute approximate surface area is 252 Å². The summed E-state index contributed by atoms with van der Waals surface area (Å²) in [4.78, 5) is 24.8. The van der Waals surface area contributed by atoms with Gasteiger partial charge in [0.15, 0.2) is 11.6 Å². The van der Waals surface area contributed by atoms with Gasteiger partial charge in [0.1, 0.15) is 0 Å². The van der Waals surface area contributed by atoms with Crippen molar-refractivity contribution < 1.29 is 18.0 Å². The smallest absolute Gasteiger partial charge is 0.206 e. The van der Waals surface area contributed by atoms with Crippen LogP contribution in [0.1, 0.15) is 55.4 Å². The van der Waals surface area contributed by atoms with Gasteiger partial charge >= 0.3 is 0 Å². The van der Waals surface area contributed by atoms with Crippen molar-refractivity contribution in [3.8, 4) is 0 Å². The molecule has 8 nitrogen and oxygen atoms in total. The number of carbonyl (C=O) groups is 2. The Balaban J connectivity index is 1.48. The number of azo groups is 2. The molecule has 0 radical (unpaired) electrons. The summed E-state index contributed by atoms with van der Waals surface area (Å²) in [5.41, 5.74) is 8.92. The minimum absolute atomic E-state index is 0.0393. The topological polar surface area (TPSA) is 118 Å². The van der Waals surface area contributed by atoms with Crippen LogP contribution < -0.4 is 0 Å². The normalized spacial score (nSPS) is 16.9. The summed E-state index contributed by atoms with van der Waals surface area (Å²) in [6.45, 7) is 14.7. The van der Waals surface area contributed by atoms with Crippen molar-refractivity contribution >= 4 is 32.8 Å². The first-order valence-corrected chi connectivity index (χ1v) is 15.2. The van der Waals surface area contributed by atoms with E-state index in [1.54, 1.807) is 64.4 Å². The number of carbonyl (C=O) groups excluding carboxylic acids is 2. The third-order valence-corrected chi connectivity index (χ3v) is 10.0. The summed E-state index contributed by atoms with van der Waals surface area (Å²) in [7, 11) is -3.77. The number of benzene rings is 2. The van der Waals surface area contributed by atoms with Crippen molar-refractivity contribution in [3.05, 3.63) is 117 Å². The van der Waals surface area contributed by atoms with Gasteiger partial charge in [-0.2, -0.15) is 20.5 Å². The van der Waals surface area contributed by atoms with Gasteiger partial charge in [-0.05, 0) is 126 Å². The molecule has 0 saturated heterocycles. The van der Waals surface area contributed by atoms with Crippen LogP contribution in [0.15, 0.2) is 147 Å². The lowest BCUT2D eigenvalue weighted by Gasteiger charge is -2.19. The van der Waals surface area contributed by atoms with Crippen molar-refractivity contribution in [1.29, 1.82) is 0 Å². The quantitative estimate of drug-likeness (QED) is 0.310. The molecule has 0 spiro atoms. The lowest BCUT2D eigenvalue weighted by Crippen LogP contribution is -2.13. The number of ketones is 2. The lowest BCUT2D eigenvalue weighted by molar-refractivity contribution is -0.113. The molecule has 0 aromatic heterocycles. The highest BCUT2D eigenvalue weighted by molar-refractivity contribution is 7.91. The van der Waals surface area contributed by atoms with Crippen molar-refractivity contribution in [2.24, 2.45) is 20.5 Å². The van der Waals surface area contributed by atoms with Crippen molar-refractivity contribution in [1.82, 2.24) is 0 Å². The van der Waals surface area contributed by atoms with Gasteiger partial charge in [-0.1, -0.05) is 0 Å².